The van der Waals surface area contributed by atoms with E-state index in [1.54, 1.807) is 13.1 Å². The minimum atomic E-state index is -0.128. The lowest BCUT2D eigenvalue weighted by atomic mass is 10.0. The van der Waals surface area contributed by atoms with Crippen LogP contribution in [0.15, 0.2) is 18.2 Å². The number of amides is 3. The molecule has 0 bridgehead atoms. The normalized spacial score (nSPS) is 28.8. The Balaban J connectivity index is 0.00000245. The van der Waals surface area contributed by atoms with E-state index in [-0.39, 0.29) is 30.3 Å². The molecule has 174 valence electrons. The maximum atomic E-state index is 12.8. The van der Waals surface area contributed by atoms with Crippen LogP contribution in [0, 0.1) is 11.8 Å². The molecule has 0 radical (unpaired) electrons. The Kier molecular flexibility index (Phi) is 6.77. The highest BCUT2D eigenvalue weighted by molar-refractivity contribution is 6.03. The number of likely N-dealkylation sites (tertiary alicyclic amines) is 2. The molecule has 5 rings (SSSR count). The van der Waals surface area contributed by atoms with E-state index in [2.05, 4.69) is 10.2 Å². The van der Waals surface area contributed by atoms with Crippen molar-refractivity contribution in [1.82, 2.24) is 10.2 Å². The SMILES string of the molecule is CNC(=O)c1ccc2c(c1)CC(=O)N2C1CC[NH+](CC(=O)N2C[C@H]3CCC[C@H]3C2)CC1.[Cl-]. The Morgan fingerprint density at radius 3 is 2.44 bits per heavy atom. The van der Waals surface area contributed by atoms with Crippen molar-refractivity contribution in [2.24, 2.45) is 11.8 Å². The third kappa shape index (κ3) is 4.25. The van der Waals surface area contributed by atoms with Gasteiger partial charge in [-0.05, 0) is 48.4 Å². The van der Waals surface area contributed by atoms with Crippen LogP contribution in [0.25, 0.3) is 0 Å². The lowest BCUT2D eigenvalue weighted by molar-refractivity contribution is -0.897. The fraction of sp³-hybridized carbons (Fsp3) is 0.625. The van der Waals surface area contributed by atoms with E-state index in [1.165, 1.54) is 24.2 Å². The van der Waals surface area contributed by atoms with Crippen LogP contribution in [0.4, 0.5) is 5.69 Å². The highest BCUT2D eigenvalue weighted by atomic mass is 35.5. The summed E-state index contributed by atoms with van der Waals surface area (Å²) in [4.78, 5) is 42.9. The number of benzene rings is 1. The van der Waals surface area contributed by atoms with E-state index in [0.29, 0.717) is 24.4 Å². The lowest BCUT2D eigenvalue weighted by Crippen LogP contribution is -3.14. The first-order chi connectivity index (χ1) is 15.0. The monoisotopic (exact) mass is 460 g/mol. The quantitative estimate of drug-likeness (QED) is 0.511. The minimum absolute atomic E-state index is 0. The van der Waals surface area contributed by atoms with E-state index in [4.69, 9.17) is 0 Å². The van der Waals surface area contributed by atoms with Crippen LogP contribution in [0.3, 0.4) is 0 Å². The van der Waals surface area contributed by atoms with Crippen LogP contribution in [0.5, 0.6) is 0 Å². The third-order valence-electron chi connectivity index (χ3n) is 7.95. The number of quaternary nitrogens is 1. The van der Waals surface area contributed by atoms with E-state index in [1.807, 2.05) is 17.0 Å². The topological polar surface area (TPSA) is 74.2 Å². The predicted octanol–water partition coefficient (Wildman–Crippen LogP) is -2.75. The third-order valence-corrected chi connectivity index (χ3v) is 7.95. The van der Waals surface area contributed by atoms with Crippen molar-refractivity contribution in [2.75, 3.05) is 44.7 Å². The molecule has 2 atom stereocenters. The average molecular weight is 461 g/mol. The number of piperidine rings is 1. The van der Waals surface area contributed by atoms with Gasteiger partial charge in [-0.3, -0.25) is 14.4 Å². The number of fused-ring (bicyclic) bond motifs is 2. The first-order valence-corrected chi connectivity index (χ1v) is 11.8. The van der Waals surface area contributed by atoms with Crippen molar-refractivity contribution in [3.05, 3.63) is 29.3 Å². The summed E-state index contributed by atoms with van der Waals surface area (Å²) in [6.45, 7) is 4.37. The zero-order valence-corrected chi connectivity index (χ0v) is 19.5. The summed E-state index contributed by atoms with van der Waals surface area (Å²) in [5, 5.41) is 2.64. The molecule has 1 aliphatic carbocycles. The van der Waals surface area contributed by atoms with Gasteiger partial charge in [0.1, 0.15) is 0 Å². The molecule has 3 heterocycles. The summed E-state index contributed by atoms with van der Waals surface area (Å²) in [6.07, 6.45) is 6.11. The summed E-state index contributed by atoms with van der Waals surface area (Å²) in [5.74, 6) is 1.80. The maximum Gasteiger partial charge on any atom is 0.277 e. The Morgan fingerprint density at radius 1 is 1.09 bits per heavy atom. The molecule has 4 aliphatic rings. The number of nitrogens with one attached hydrogen (secondary N) is 2. The number of nitrogens with zero attached hydrogens (tertiary/aromatic N) is 2. The Bertz CT molecular complexity index is 887. The molecule has 3 fully saturated rings. The summed E-state index contributed by atoms with van der Waals surface area (Å²) in [7, 11) is 1.61. The Morgan fingerprint density at radius 2 is 1.78 bits per heavy atom. The molecule has 7 nitrogen and oxygen atoms in total. The van der Waals surface area contributed by atoms with Gasteiger partial charge < -0.3 is 32.4 Å². The molecule has 1 aromatic carbocycles. The summed E-state index contributed by atoms with van der Waals surface area (Å²) in [5.41, 5.74) is 2.49. The number of hydrogen-bond acceptors (Lipinski definition) is 3. The van der Waals surface area contributed by atoms with Crippen molar-refractivity contribution < 1.29 is 31.7 Å². The molecular weight excluding hydrogens is 428 g/mol. The Hall–Kier alpha value is -2.12. The predicted molar refractivity (Wildman–Crippen MR) is 117 cm³/mol. The van der Waals surface area contributed by atoms with Gasteiger partial charge in [-0.1, -0.05) is 6.42 Å². The van der Waals surface area contributed by atoms with Gasteiger partial charge in [0.25, 0.3) is 11.8 Å². The first kappa shape index (κ1) is 23.1. The molecule has 0 unspecified atom stereocenters. The summed E-state index contributed by atoms with van der Waals surface area (Å²) in [6, 6.07) is 5.74. The summed E-state index contributed by atoms with van der Waals surface area (Å²) < 4.78 is 0. The fourth-order valence-corrected chi connectivity index (χ4v) is 6.24. The second-order valence-electron chi connectivity index (χ2n) is 9.77. The van der Waals surface area contributed by atoms with Crippen LogP contribution >= 0.6 is 0 Å². The van der Waals surface area contributed by atoms with E-state index in [0.717, 1.165) is 62.1 Å². The lowest BCUT2D eigenvalue weighted by Gasteiger charge is -2.35. The first-order valence-electron chi connectivity index (χ1n) is 11.8. The van der Waals surface area contributed by atoms with Crippen molar-refractivity contribution in [3.8, 4) is 0 Å². The van der Waals surface area contributed by atoms with E-state index >= 15 is 0 Å². The molecule has 2 saturated heterocycles. The number of rotatable bonds is 4. The molecule has 3 amide bonds. The molecule has 8 heteroatoms. The van der Waals surface area contributed by atoms with Gasteiger partial charge in [-0.25, -0.2) is 0 Å². The van der Waals surface area contributed by atoms with Crippen LogP contribution in [-0.2, 0) is 16.0 Å². The molecule has 2 N–H and O–H groups in total. The number of carbonyl (C=O) groups excluding carboxylic acids is 3. The molecule has 1 saturated carbocycles. The van der Waals surface area contributed by atoms with Crippen molar-refractivity contribution in [2.45, 2.75) is 44.6 Å². The minimum Gasteiger partial charge on any atom is -1.00 e. The standard InChI is InChI=1S/C24H32N4O3.ClH/c1-25-24(31)16-5-6-21-19(11-16)12-22(29)28(21)20-7-9-26(10-8-20)15-23(30)27-13-17-3-2-4-18(17)14-27;/h5-6,11,17-18,20H,2-4,7-10,12-15H2,1H3,(H,25,31);1H/t17-,18+;. The molecule has 0 spiro atoms. The van der Waals surface area contributed by atoms with Crippen molar-refractivity contribution in [1.29, 1.82) is 0 Å². The number of hydrogen-bond donors (Lipinski definition) is 2. The molecule has 0 aromatic heterocycles. The zero-order valence-electron chi connectivity index (χ0n) is 18.7. The van der Waals surface area contributed by atoms with Gasteiger partial charge in [0.2, 0.25) is 5.91 Å². The highest BCUT2D eigenvalue weighted by Crippen LogP contribution is 2.37. The average Bonchev–Trinajstić information content (AvgIpc) is 3.46. The number of anilines is 1. The van der Waals surface area contributed by atoms with Gasteiger partial charge in [-0.15, -0.1) is 0 Å². The van der Waals surface area contributed by atoms with Gasteiger partial charge in [0.05, 0.1) is 19.5 Å². The van der Waals surface area contributed by atoms with Crippen LogP contribution in [0.2, 0.25) is 0 Å². The number of halogens is 1. The molecule has 32 heavy (non-hydrogen) atoms. The number of carbonyl (C=O) groups is 3. The summed E-state index contributed by atoms with van der Waals surface area (Å²) >= 11 is 0. The molecule has 3 aliphatic heterocycles. The van der Waals surface area contributed by atoms with Crippen LogP contribution < -0.4 is 27.5 Å². The van der Waals surface area contributed by atoms with E-state index in [9.17, 15) is 14.4 Å². The zero-order chi connectivity index (χ0) is 21.5. The Labute approximate surface area is 195 Å². The second kappa shape index (κ2) is 9.40. The second-order valence-corrected chi connectivity index (χ2v) is 9.77. The molecular formula is C24H33ClN4O3. The molecule has 1 aromatic rings. The van der Waals surface area contributed by atoms with Crippen molar-refractivity contribution in [3.63, 3.8) is 0 Å². The smallest absolute Gasteiger partial charge is 0.277 e. The van der Waals surface area contributed by atoms with Gasteiger partial charge >= 0.3 is 0 Å². The van der Waals surface area contributed by atoms with E-state index < -0.39 is 0 Å². The van der Waals surface area contributed by atoms with Crippen molar-refractivity contribution >= 4 is 23.4 Å². The van der Waals surface area contributed by atoms with Crippen LogP contribution in [-0.4, -0.2) is 68.4 Å². The largest absolute Gasteiger partial charge is 1.00 e. The fourth-order valence-electron chi connectivity index (χ4n) is 6.24. The van der Waals surface area contributed by atoms with Gasteiger partial charge in [0.15, 0.2) is 6.54 Å². The van der Waals surface area contributed by atoms with Gasteiger partial charge in [0, 0.05) is 50.3 Å². The van der Waals surface area contributed by atoms with Gasteiger partial charge in [-0.2, -0.15) is 0 Å². The highest BCUT2D eigenvalue weighted by Gasteiger charge is 2.40. The van der Waals surface area contributed by atoms with Crippen LogP contribution in [0.1, 0.15) is 48.0 Å². The maximum absolute atomic E-state index is 12.8.